The molecule has 2 aromatic carbocycles. The SMILES string of the molecule is COc1ccccc1NC(=O)c1sc2ncn(C(C)C(=O)c3ccc(NC(C)=O)cc3)c(=O)c2c1C. The minimum absolute atomic E-state index is 0.213. The van der Waals surface area contributed by atoms with Crippen LogP contribution in [0.1, 0.15) is 45.5 Å². The molecule has 4 aromatic rings. The van der Waals surface area contributed by atoms with E-state index in [2.05, 4.69) is 15.6 Å². The lowest BCUT2D eigenvalue weighted by Gasteiger charge is -2.14. The molecule has 184 valence electrons. The number of nitrogens with one attached hydrogen (secondary N) is 2. The fourth-order valence-corrected chi connectivity index (χ4v) is 4.88. The third kappa shape index (κ3) is 4.76. The molecule has 2 heterocycles. The van der Waals surface area contributed by atoms with Crippen molar-refractivity contribution in [3.63, 3.8) is 0 Å². The van der Waals surface area contributed by atoms with E-state index in [0.717, 1.165) is 11.3 Å². The number of carbonyl (C=O) groups is 3. The second-order valence-corrected chi connectivity index (χ2v) is 9.15. The number of amides is 2. The van der Waals surface area contributed by atoms with Crippen LogP contribution in [0.25, 0.3) is 10.2 Å². The molecule has 0 aliphatic rings. The number of aromatic nitrogens is 2. The summed E-state index contributed by atoms with van der Waals surface area (Å²) in [7, 11) is 1.52. The van der Waals surface area contributed by atoms with E-state index in [4.69, 9.17) is 4.74 Å². The fourth-order valence-electron chi connectivity index (χ4n) is 3.85. The lowest BCUT2D eigenvalue weighted by molar-refractivity contribution is -0.114. The molecule has 0 saturated carbocycles. The summed E-state index contributed by atoms with van der Waals surface area (Å²) in [5.74, 6) is -0.359. The van der Waals surface area contributed by atoms with E-state index in [-0.39, 0.29) is 17.6 Å². The van der Waals surface area contributed by atoms with Gasteiger partial charge in [0.25, 0.3) is 11.5 Å². The van der Waals surface area contributed by atoms with Crippen molar-refractivity contribution in [1.29, 1.82) is 0 Å². The summed E-state index contributed by atoms with van der Waals surface area (Å²) >= 11 is 1.11. The highest BCUT2D eigenvalue weighted by Crippen LogP contribution is 2.30. The maximum Gasteiger partial charge on any atom is 0.266 e. The molecule has 0 radical (unpaired) electrons. The van der Waals surface area contributed by atoms with E-state index in [1.54, 1.807) is 62.4 Å². The second kappa shape index (κ2) is 10.1. The first-order chi connectivity index (χ1) is 17.2. The normalized spacial score (nSPS) is 11.7. The number of methoxy groups -OCH3 is 1. The molecular weight excluding hydrogens is 480 g/mol. The Bertz CT molecular complexity index is 1540. The number of anilines is 2. The Labute approximate surface area is 210 Å². The number of aryl methyl sites for hydroxylation is 1. The molecule has 0 aliphatic heterocycles. The van der Waals surface area contributed by atoms with Crippen LogP contribution in [0, 0.1) is 6.92 Å². The molecule has 4 rings (SSSR count). The summed E-state index contributed by atoms with van der Waals surface area (Å²) in [5, 5.41) is 5.77. The van der Waals surface area contributed by atoms with Gasteiger partial charge in [-0.05, 0) is 55.8 Å². The number of benzene rings is 2. The molecule has 0 fully saturated rings. The molecular formula is C26H24N4O5S. The number of para-hydroxylation sites is 2. The van der Waals surface area contributed by atoms with E-state index in [1.165, 1.54) is 24.9 Å². The molecule has 1 atom stereocenters. The Kier molecular flexibility index (Phi) is 6.98. The third-order valence-corrected chi connectivity index (χ3v) is 6.92. The number of ketones is 1. The van der Waals surface area contributed by atoms with Crippen molar-refractivity contribution in [2.45, 2.75) is 26.8 Å². The number of carbonyl (C=O) groups excluding carboxylic acids is 3. The summed E-state index contributed by atoms with van der Waals surface area (Å²) in [6.45, 7) is 4.71. The Morgan fingerprint density at radius 1 is 1.06 bits per heavy atom. The van der Waals surface area contributed by atoms with Gasteiger partial charge in [0.05, 0.1) is 35.4 Å². The highest BCUT2D eigenvalue weighted by Gasteiger charge is 2.24. The van der Waals surface area contributed by atoms with Gasteiger partial charge in [0.1, 0.15) is 10.6 Å². The maximum absolute atomic E-state index is 13.4. The van der Waals surface area contributed by atoms with E-state index in [1.807, 2.05) is 0 Å². The Morgan fingerprint density at radius 2 is 1.75 bits per heavy atom. The summed E-state index contributed by atoms with van der Waals surface area (Å²) in [4.78, 5) is 55.8. The highest BCUT2D eigenvalue weighted by molar-refractivity contribution is 7.20. The van der Waals surface area contributed by atoms with E-state index in [9.17, 15) is 19.2 Å². The number of hydrogen-bond donors (Lipinski definition) is 2. The smallest absolute Gasteiger partial charge is 0.266 e. The highest BCUT2D eigenvalue weighted by atomic mass is 32.1. The number of hydrogen-bond acceptors (Lipinski definition) is 7. The quantitative estimate of drug-likeness (QED) is 0.360. The number of nitrogens with zero attached hydrogens (tertiary/aromatic N) is 2. The largest absolute Gasteiger partial charge is 0.495 e. The molecule has 1 unspecified atom stereocenters. The minimum atomic E-state index is -0.828. The van der Waals surface area contributed by atoms with Gasteiger partial charge in [-0.1, -0.05) is 12.1 Å². The molecule has 36 heavy (non-hydrogen) atoms. The van der Waals surface area contributed by atoms with Gasteiger partial charge >= 0.3 is 0 Å². The van der Waals surface area contributed by atoms with Crippen molar-refractivity contribution in [2.24, 2.45) is 0 Å². The maximum atomic E-state index is 13.4. The van der Waals surface area contributed by atoms with Crippen molar-refractivity contribution in [3.8, 4) is 5.75 Å². The third-order valence-electron chi connectivity index (χ3n) is 5.72. The van der Waals surface area contributed by atoms with Crippen LogP contribution in [-0.4, -0.2) is 34.3 Å². The number of fused-ring (bicyclic) bond motifs is 1. The number of ether oxygens (including phenoxy) is 1. The lowest BCUT2D eigenvalue weighted by atomic mass is 10.0. The Hall–Kier alpha value is -4.31. The van der Waals surface area contributed by atoms with Gasteiger partial charge in [0.15, 0.2) is 5.78 Å². The standard InChI is InChI=1S/C26H24N4O5S/c1-14-21-25(36-23(14)24(33)29-19-7-5-6-8-20(19)35-4)27-13-30(26(21)34)15(2)22(32)17-9-11-18(12-10-17)28-16(3)31/h5-13,15H,1-4H3,(H,28,31)(H,29,33). The number of thiophene rings is 1. The zero-order chi connectivity index (χ0) is 26.0. The van der Waals surface area contributed by atoms with E-state index >= 15 is 0 Å². The first kappa shape index (κ1) is 24.8. The van der Waals surface area contributed by atoms with Crippen LogP contribution >= 0.6 is 11.3 Å². The van der Waals surface area contributed by atoms with Gasteiger partial charge < -0.3 is 15.4 Å². The van der Waals surface area contributed by atoms with Crippen molar-refractivity contribution in [2.75, 3.05) is 17.7 Å². The van der Waals surface area contributed by atoms with Crippen LogP contribution in [0.5, 0.6) is 5.75 Å². The van der Waals surface area contributed by atoms with Gasteiger partial charge in [0.2, 0.25) is 5.91 Å². The average Bonchev–Trinajstić information content (AvgIpc) is 3.21. The first-order valence-electron chi connectivity index (χ1n) is 11.1. The molecule has 2 amide bonds. The summed E-state index contributed by atoms with van der Waals surface area (Å²) < 4.78 is 6.56. The van der Waals surface area contributed by atoms with Crippen LogP contribution in [0.15, 0.2) is 59.7 Å². The number of Topliss-reactive ketones (excluding diaryl/α,β-unsaturated/α-hetero) is 1. The van der Waals surface area contributed by atoms with Gasteiger partial charge in [-0.2, -0.15) is 0 Å². The molecule has 2 aromatic heterocycles. The molecule has 10 heteroatoms. The molecule has 2 N–H and O–H groups in total. The molecule has 9 nitrogen and oxygen atoms in total. The predicted molar refractivity (Wildman–Crippen MR) is 139 cm³/mol. The van der Waals surface area contributed by atoms with Crippen molar-refractivity contribution >= 4 is 50.5 Å². The van der Waals surface area contributed by atoms with E-state index in [0.29, 0.717) is 43.3 Å². The van der Waals surface area contributed by atoms with Crippen LogP contribution in [0.2, 0.25) is 0 Å². The zero-order valence-electron chi connectivity index (χ0n) is 20.1. The van der Waals surface area contributed by atoms with E-state index < -0.39 is 11.6 Å². The average molecular weight is 505 g/mol. The predicted octanol–water partition coefficient (Wildman–Crippen LogP) is 4.43. The Morgan fingerprint density at radius 3 is 2.42 bits per heavy atom. The first-order valence-corrected chi connectivity index (χ1v) is 11.9. The Balaban J connectivity index is 1.64. The van der Waals surface area contributed by atoms with Gasteiger partial charge in [-0.3, -0.25) is 23.7 Å². The molecule has 0 saturated heterocycles. The van der Waals surface area contributed by atoms with Crippen molar-refractivity contribution in [1.82, 2.24) is 9.55 Å². The fraction of sp³-hybridized carbons (Fsp3) is 0.192. The topological polar surface area (TPSA) is 119 Å². The molecule has 0 aliphatic carbocycles. The zero-order valence-corrected chi connectivity index (χ0v) is 20.9. The van der Waals surface area contributed by atoms with Crippen LogP contribution in [-0.2, 0) is 4.79 Å². The monoisotopic (exact) mass is 504 g/mol. The molecule has 0 bridgehead atoms. The van der Waals surface area contributed by atoms with Gasteiger partial charge in [-0.25, -0.2) is 4.98 Å². The molecule has 0 spiro atoms. The van der Waals surface area contributed by atoms with Crippen LogP contribution in [0.4, 0.5) is 11.4 Å². The number of rotatable bonds is 7. The van der Waals surface area contributed by atoms with Crippen molar-refractivity contribution < 1.29 is 19.1 Å². The lowest BCUT2D eigenvalue weighted by Crippen LogP contribution is -2.28. The summed E-state index contributed by atoms with van der Waals surface area (Å²) in [6.07, 6.45) is 1.33. The summed E-state index contributed by atoms with van der Waals surface area (Å²) in [6, 6.07) is 12.6. The second-order valence-electron chi connectivity index (χ2n) is 8.15. The van der Waals surface area contributed by atoms with Crippen LogP contribution < -0.4 is 20.9 Å². The summed E-state index contributed by atoms with van der Waals surface area (Å²) in [5.41, 5.74) is 1.56. The minimum Gasteiger partial charge on any atom is -0.495 e. The van der Waals surface area contributed by atoms with Crippen molar-refractivity contribution in [3.05, 3.63) is 81.2 Å². The van der Waals surface area contributed by atoms with Gasteiger partial charge in [-0.15, -0.1) is 11.3 Å². The van der Waals surface area contributed by atoms with Crippen LogP contribution in [0.3, 0.4) is 0 Å². The van der Waals surface area contributed by atoms with Gasteiger partial charge in [0, 0.05) is 18.2 Å².